The largest absolute Gasteiger partial charge is 0.362 e. The van der Waals surface area contributed by atoms with Crippen molar-refractivity contribution in [1.29, 1.82) is 0 Å². The fourth-order valence-electron chi connectivity index (χ4n) is 5.58. The minimum absolute atomic E-state index is 0.0562. The molecular weight excluding hydrogens is 476 g/mol. The summed E-state index contributed by atoms with van der Waals surface area (Å²) < 4.78 is 9.80. The number of aromatic nitrogens is 7. The van der Waals surface area contributed by atoms with Crippen LogP contribution in [0.1, 0.15) is 102 Å². The molecule has 0 spiro atoms. The zero-order valence-electron chi connectivity index (χ0n) is 21.2. The van der Waals surface area contributed by atoms with Gasteiger partial charge < -0.3 is 10.1 Å². The van der Waals surface area contributed by atoms with E-state index >= 15 is 0 Å². The highest BCUT2D eigenvalue weighted by Gasteiger charge is 2.21. The Morgan fingerprint density at radius 1 is 0.972 bits per heavy atom. The molecule has 3 aromatic rings. The summed E-state index contributed by atoms with van der Waals surface area (Å²) in [5, 5.41) is 12.1. The first-order valence-corrected chi connectivity index (χ1v) is 14.3. The molecule has 0 bridgehead atoms. The van der Waals surface area contributed by atoms with Gasteiger partial charge in [0.1, 0.15) is 11.9 Å². The topological polar surface area (TPSA) is 95.6 Å². The maximum Gasteiger partial charge on any atom is 0.226 e. The first kappa shape index (κ1) is 25.4. The highest BCUT2D eigenvalue weighted by molar-refractivity contribution is 6.28. The van der Waals surface area contributed by atoms with Gasteiger partial charge in [-0.2, -0.15) is 9.97 Å². The molecule has 9 nitrogen and oxygen atoms in total. The van der Waals surface area contributed by atoms with E-state index in [4.69, 9.17) is 16.3 Å². The summed E-state index contributed by atoms with van der Waals surface area (Å²) in [5.74, 6) is 1.61. The number of ether oxygens (including phenoxy) is 1. The van der Waals surface area contributed by atoms with Crippen LogP contribution < -0.4 is 5.32 Å². The second-order valence-electron chi connectivity index (χ2n) is 10.4. The monoisotopic (exact) mass is 514 g/mol. The van der Waals surface area contributed by atoms with Crippen molar-refractivity contribution in [1.82, 2.24) is 34.5 Å². The molecule has 2 fully saturated rings. The molecule has 0 aromatic carbocycles. The molecule has 1 saturated carbocycles. The minimum Gasteiger partial charge on any atom is -0.362 e. The Balaban J connectivity index is 1.06. The van der Waals surface area contributed by atoms with Crippen molar-refractivity contribution in [3.05, 3.63) is 23.5 Å². The molecule has 0 radical (unpaired) electrons. The normalized spacial score (nSPS) is 19.2. The summed E-state index contributed by atoms with van der Waals surface area (Å²) in [6.45, 7) is 2.16. The second kappa shape index (κ2) is 12.8. The van der Waals surface area contributed by atoms with E-state index in [9.17, 15) is 0 Å². The first-order valence-electron chi connectivity index (χ1n) is 13.9. The van der Waals surface area contributed by atoms with Crippen LogP contribution in [0.15, 0.2) is 12.5 Å². The number of unbranched alkanes of at least 4 members (excludes halogenated alkanes) is 4. The molecule has 1 N–H and O–H groups in total. The van der Waals surface area contributed by atoms with Gasteiger partial charge in [-0.05, 0) is 43.2 Å². The van der Waals surface area contributed by atoms with E-state index in [2.05, 4.69) is 30.6 Å². The van der Waals surface area contributed by atoms with Gasteiger partial charge in [0.05, 0.1) is 19.1 Å². The number of aryl methyl sites for hydroxylation is 1. The van der Waals surface area contributed by atoms with Crippen LogP contribution in [-0.2, 0) is 17.8 Å². The van der Waals surface area contributed by atoms with E-state index in [0.717, 1.165) is 50.4 Å². The molecule has 1 aliphatic heterocycles. The molecule has 36 heavy (non-hydrogen) atoms. The summed E-state index contributed by atoms with van der Waals surface area (Å²) >= 11 is 6.24. The van der Waals surface area contributed by atoms with Gasteiger partial charge in [-0.3, -0.25) is 9.25 Å². The number of halogens is 1. The third-order valence-electron chi connectivity index (χ3n) is 7.61. The Hall–Kier alpha value is -2.26. The number of nitrogens with one attached hydrogen (secondary N) is 1. The van der Waals surface area contributed by atoms with Crippen LogP contribution in [0.3, 0.4) is 0 Å². The third-order valence-corrected chi connectivity index (χ3v) is 7.78. The van der Waals surface area contributed by atoms with Crippen molar-refractivity contribution in [3.8, 4) is 0 Å². The van der Waals surface area contributed by atoms with Crippen LogP contribution in [0.25, 0.3) is 11.2 Å². The summed E-state index contributed by atoms with van der Waals surface area (Å²) in [4.78, 5) is 13.3. The van der Waals surface area contributed by atoms with Crippen LogP contribution in [-0.4, -0.2) is 41.1 Å². The average Bonchev–Trinajstić information content (AvgIpc) is 3.55. The van der Waals surface area contributed by atoms with Crippen molar-refractivity contribution in [2.45, 2.75) is 109 Å². The third kappa shape index (κ3) is 6.73. The Kier molecular flexibility index (Phi) is 9.04. The van der Waals surface area contributed by atoms with Gasteiger partial charge in [0, 0.05) is 13.2 Å². The van der Waals surface area contributed by atoms with E-state index in [-0.39, 0.29) is 11.5 Å². The molecule has 10 heteroatoms. The number of imidazole rings is 1. The molecular formula is C26H39ClN8O. The standard InChI is InChI=1S/C26H39ClN8O/c27-26-30-24(23-25(31-26)35(19-29-23)22-14-8-10-16-36-22)28-17-21-18-34(33-32-21)15-9-3-1-2-5-11-20-12-6-4-7-13-20/h18-20,22H,1-17H2,(H,28,30,31). The lowest BCUT2D eigenvalue weighted by Crippen LogP contribution is -2.17. The molecule has 4 heterocycles. The van der Waals surface area contributed by atoms with Crippen molar-refractivity contribution >= 4 is 28.6 Å². The fraction of sp³-hybridized carbons (Fsp3) is 0.731. The maximum absolute atomic E-state index is 6.24. The number of hydrogen-bond acceptors (Lipinski definition) is 7. The summed E-state index contributed by atoms with van der Waals surface area (Å²) in [6, 6.07) is 0. The van der Waals surface area contributed by atoms with Crippen molar-refractivity contribution in [2.75, 3.05) is 11.9 Å². The lowest BCUT2D eigenvalue weighted by atomic mass is 9.85. The zero-order valence-corrected chi connectivity index (χ0v) is 22.0. The Bertz CT molecular complexity index is 1090. The molecule has 2 aliphatic rings. The summed E-state index contributed by atoms with van der Waals surface area (Å²) in [7, 11) is 0. The Labute approximate surface area is 218 Å². The van der Waals surface area contributed by atoms with Crippen molar-refractivity contribution < 1.29 is 4.74 Å². The highest BCUT2D eigenvalue weighted by atomic mass is 35.5. The van der Waals surface area contributed by atoms with Gasteiger partial charge in [0.2, 0.25) is 5.28 Å². The Morgan fingerprint density at radius 3 is 2.67 bits per heavy atom. The van der Waals surface area contributed by atoms with E-state index in [0.29, 0.717) is 23.5 Å². The predicted molar refractivity (Wildman–Crippen MR) is 141 cm³/mol. The molecule has 5 rings (SSSR count). The van der Waals surface area contributed by atoms with Gasteiger partial charge in [-0.1, -0.05) is 69.4 Å². The van der Waals surface area contributed by atoms with Crippen LogP contribution in [0, 0.1) is 5.92 Å². The SMILES string of the molecule is Clc1nc(NCc2cn(CCCCCCCC3CCCCC3)nn2)c2ncn(C3CCCCO3)c2n1. The highest BCUT2D eigenvalue weighted by Crippen LogP contribution is 2.29. The molecule has 196 valence electrons. The molecule has 1 aliphatic carbocycles. The van der Waals surface area contributed by atoms with Gasteiger partial charge in [0.15, 0.2) is 17.0 Å². The van der Waals surface area contributed by atoms with E-state index in [1.165, 1.54) is 64.2 Å². The number of hydrogen-bond donors (Lipinski definition) is 1. The molecule has 3 aromatic heterocycles. The molecule has 1 saturated heterocycles. The smallest absolute Gasteiger partial charge is 0.226 e. The molecule has 1 unspecified atom stereocenters. The van der Waals surface area contributed by atoms with Gasteiger partial charge in [-0.15, -0.1) is 5.10 Å². The summed E-state index contributed by atoms with van der Waals surface area (Å²) in [5.41, 5.74) is 2.23. The number of rotatable bonds is 12. The van der Waals surface area contributed by atoms with E-state index in [1.807, 2.05) is 15.4 Å². The van der Waals surface area contributed by atoms with E-state index < -0.39 is 0 Å². The minimum atomic E-state index is -0.0562. The Morgan fingerprint density at radius 2 is 1.81 bits per heavy atom. The van der Waals surface area contributed by atoms with Crippen molar-refractivity contribution in [2.24, 2.45) is 5.92 Å². The van der Waals surface area contributed by atoms with Gasteiger partial charge in [0.25, 0.3) is 0 Å². The van der Waals surface area contributed by atoms with Crippen LogP contribution >= 0.6 is 11.6 Å². The van der Waals surface area contributed by atoms with Crippen molar-refractivity contribution in [3.63, 3.8) is 0 Å². The quantitative estimate of drug-likeness (QED) is 0.223. The lowest BCUT2D eigenvalue weighted by molar-refractivity contribution is -0.0298. The lowest BCUT2D eigenvalue weighted by Gasteiger charge is -2.23. The van der Waals surface area contributed by atoms with Crippen LogP contribution in [0.5, 0.6) is 0 Å². The fourth-order valence-corrected chi connectivity index (χ4v) is 5.75. The van der Waals surface area contributed by atoms with E-state index in [1.54, 1.807) is 6.33 Å². The first-order chi connectivity index (χ1) is 17.8. The molecule has 0 amide bonds. The van der Waals surface area contributed by atoms with Crippen LogP contribution in [0.4, 0.5) is 5.82 Å². The van der Waals surface area contributed by atoms with Crippen LogP contribution in [0.2, 0.25) is 5.28 Å². The van der Waals surface area contributed by atoms with Gasteiger partial charge in [-0.25, -0.2) is 4.98 Å². The zero-order chi connectivity index (χ0) is 24.6. The summed E-state index contributed by atoms with van der Waals surface area (Å²) in [6.07, 6.45) is 22.1. The predicted octanol–water partition coefficient (Wildman–Crippen LogP) is 6.30. The van der Waals surface area contributed by atoms with Gasteiger partial charge >= 0.3 is 0 Å². The number of fused-ring (bicyclic) bond motifs is 1. The number of nitrogens with zero attached hydrogens (tertiary/aromatic N) is 7. The average molecular weight is 515 g/mol. The number of anilines is 1. The maximum atomic E-state index is 6.24. The molecule has 1 atom stereocenters. The second-order valence-corrected chi connectivity index (χ2v) is 10.7.